The van der Waals surface area contributed by atoms with Crippen molar-refractivity contribution in [3.8, 4) is 0 Å². The zero-order valence-corrected chi connectivity index (χ0v) is 19.1. The summed E-state index contributed by atoms with van der Waals surface area (Å²) in [5, 5.41) is 3.16. The monoisotopic (exact) mass is 429 g/mol. The Morgan fingerprint density at radius 1 is 1.10 bits per heavy atom. The first kappa shape index (κ1) is 22.1. The highest BCUT2D eigenvalue weighted by molar-refractivity contribution is 5.73. The van der Waals surface area contributed by atoms with Crippen molar-refractivity contribution in [1.29, 1.82) is 0 Å². The number of methoxy groups -OCH3 is 1. The van der Waals surface area contributed by atoms with E-state index >= 15 is 0 Å². The van der Waals surface area contributed by atoms with Crippen LogP contribution in [0.2, 0.25) is 0 Å². The standard InChI is InChI=1S/C25H37N3O3.H2/c1-19(29)26-23-7-11-25(22-6-4-3-5-21(22)23)12-17-27(18-13-25)14-8-20-9-15-28(16-10-20)24(30)31-2;/h3-6,20,23H,7-18H2,1-2H3,(H,26,29);1H. The fourth-order valence-electron chi connectivity index (χ4n) is 6.01. The highest BCUT2D eigenvalue weighted by Gasteiger charge is 2.42. The first-order chi connectivity index (χ1) is 15.0. The van der Waals surface area contributed by atoms with Gasteiger partial charge in [-0.3, -0.25) is 4.79 Å². The van der Waals surface area contributed by atoms with Crippen LogP contribution in [-0.2, 0) is 14.9 Å². The molecule has 1 spiro atoms. The second-order valence-electron chi connectivity index (χ2n) is 9.69. The summed E-state index contributed by atoms with van der Waals surface area (Å²) < 4.78 is 4.84. The van der Waals surface area contributed by atoms with Gasteiger partial charge in [-0.25, -0.2) is 4.79 Å². The Hall–Kier alpha value is -2.08. The fourth-order valence-corrected chi connectivity index (χ4v) is 6.01. The minimum Gasteiger partial charge on any atom is -0.453 e. The Labute approximate surface area is 187 Å². The van der Waals surface area contributed by atoms with E-state index in [0.29, 0.717) is 5.92 Å². The SMILES string of the molecule is COC(=O)N1CCC(CCN2CCC3(CCC(NC(C)=O)c4ccccc43)CC2)CC1.[HH]. The second-order valence-corrected chi connectivity index (χ2v) is 9.69. The van der Waals surface area contributed by atoms with Crippen LogP contribution in [0.3, 0.4) is 0 Å². The molecule has 1 aromatic carbocycles. The molecule has 1 atom stereocenters. The molecule has 2 saturated heterocycles. The molecule has 2 aliphatic heterocycles. The van der Waals surface area contributed by atoms with E-state index in [0.717, 1.165) is 58.4 Å². The predicted molar refractivity (Wildman–Crippen MR) is 123 cm³/mol. The summed E-state index contributed by atoms with van der Waals surface area (Å²) in [7, 11) is 1.46. The van der Waals surface area contributed by atoms with Crippen LogP contribution >= 0.6 is 0 Å². The molecule has 6 nitrogen and oxygen atoms in total. The van der Waals surface area contributed by atoms with Crippen LogP contribution in [0.15, 0.2) is 24.3 Å². The normalized spacial score (nSPS) is 23.9. The van der Waals surface area contributed by atoms with Crippen molar-refractivity contribution in [2.45, 2.75) is 63.3 Å². The van der Waals surface area contributed by atoms with Crippen molar-refractivity contribution in [3.63, 3.8) is 0 Å². The number of hydrogen-bond donors (Lipinski definition) is 1. The minimum absolute atomic E-state index is 0. The minimum atomic E-state index is -0.187. The molecule has 1 N–H and O–H groups in total. The first-order valence-corrected chi connectivity index (χ1v) is 11.9. The highest BCUT2D eigenvalue weighted by atomic mass is 16.5. The number of piperidine rings is 2. The number of fused-ring (bicyclic) bond motifs is 2. The fraction of sp³-hybridized carbons (Fsp3) is 0.680. The lowest BCUT2D eigenvalue weighted by Crippen LogP contribution is -2.46. The zero-order valence-electron chi connectivity index (χ0n) is 19.1. The molecule has 1 aromatic rings. The number of carbonyl (C=O) groups is 2. The van der Waals surface area contributed by atoms with E-state index in [-0.39, 0.29) is 24.9 Å². The lowest BCUT2D eigenvalue weighted by atomic mass is 9.63. The molecule has 1 aliphatic carbocycles. The summed E-state index contributed by atoms with van der Waals surface area (Å²) in [6.45, 7) is 6.74. The number of rotatable bonds is 4. The third kappa shape index (κ3) is 4.89. The Bertz CT molecular complexity index is 786. The van der Waals surface area contributed by atoms with Crippen LogP contribution in [0, 0.1) is 5.92 Å². The van der Waals surface area contributed by atoms with E-state index < -0.39 is 0 Å². The Balaban J connectivity index is 0.00000289. The molecule has 2 fully saturated rings. The molecule has 6 heteroatoms. The van der Waals surface area contributed by atoms with Gasteiger partial charge in [0, 0.05) is 21.4 Å². The molecule has 31 heavy (non-hydrogen) atoms. The van der Waals surface area contributed by atoms with E-state index in [1.54, 1.807) is 6.92 Å². The van der Waals surface area contributed by atoms with Gasteiger partial charge in [0.15, 0.2) is 0 Å². The summed E-state index contributed by atoms with van der Waals surface area (Å²) in [5.41, 5.74) is 3.07. The van der Waals surface area contributed by atoms with E-state index in [4.69, 9.17) is 4.74 Å². The third-order valence-electron chi connectivity index (χ3n) is 7.91. The number of nitrogens with one attached hydrogen (secondary N) is 1. The maximum atomic E-state index is 11.7. The van der Waals surface area contributed by atoms with Gasteiger partial charge in [-0.1, -0.05) is 24.3 Å². The molecule has 0 aromatic heterocycles. The number of hydrogen-bond acceptors (Lipinski definition) is 4. The summed E-state index contributed by atoms with van der Waals surface area (Å²) in [6, 6.07) is 8.93. The maximum Gasteiger partial charge on any atom is 0.409 e. The Morgan fingerprint density at radius 3 is 2.48 bits per heavy atom. The third-order valence-corrected chi connectivity index (χ3v) is 7.91. The van der Waals surface area contributed by atoms with Crippen molar-refractivity contribution in [1.82, 2.24) is 15.1 Å². The van der Waals surface area contributed by atoms with Crippen molar-refractivity contribution in [2.75, 3.05) is 39.8 Å². The smallest absolute Gasteiger partial charge is 0.409 e. The summed E-state index contributed by atoms with van der Waals surface area (Å²) in [5.74, 6) is 0.772. The molecular formula is C25H39N3O3. The van der Waals surface area contributed by atoms with E-state index in [1.807, 2.05) is 4.90 Å². The van der Waals surface area contributed by atoms with Crippen LogP contribution in [0.1, 0.15) is 70.5 Å². The number of nitrogens with zero attached hydrogens (tertiary/aromatic N) is 2. The molecule has 0 radical (unpaired) electrons. The molecule has 2 amide bonds. The van der Waals surface area contributed by atoms with E-state index in [9.17, 15) is 9.59 Å². The van der Waals surface area contributed by atoms with Gasteiger partial charge in [0.25, 0.3) is 0 Å². The Kier molecular flexibility index (Phi) is 6.85. The zero-order chi connectivity index (χ0) is 21.8. The van der Waals surface area contributed by atoms with Crippen LogP contribution in [0.5, 0.6) is 0 Å². The predicted octanol–water partition coefficient (Wildman–Crippen LogP) is 4.11. The van der Waals surface area contributed by atoms with Crippen molar-refractivity contribution in [3.05, 3.63) is 35.4 Å². The van der Waals surface area contributed by atoms with Gasteiger partial charge in [-0.15, -0.1) is 0 Å². The van der Waals surface area contributed by atoms with Gasteiger partial charge in [-0.05, 0) is 87.0 Å². The Morgan fingerprint density at radius 2 is 1.81 bits per heavy atom. The van der Waals surface area contributed by atoms with Gasteiger partial charge in [0.1, 0.15) is 0 Å². The van der Waals surface area contributed by atoms with Gasteiger partial charge >= 0.3 is 6.09 Å². The summed E-state index contributed by atoms with van der Waals surface area (Å²) in [6.07, 6.45) is 7.83. The largest absolute Gasteiger partial charge is 0.453 e. The van der Waals surface area contributed by atoms with Gasteiger partial charge in [-0.2, -0.15) is 0 Å². The molecule has 2 heterocycles. The first-order valence-electron chi connectivity index (χ1n) is 11.9. The maximum absolute atomic E-state index is 11.7. The van der Waals surface area contributed by atoms with Crippen molar-refractivity contribution < 1.29 is 15.8 Å². The number of likely N-dealkylation sites (tertiary alicyclic amines) is 2. The van der Waals surface area contributed by atoms with Crippen molar-refractivity contribution >= 4 is 12.0 Å². The highest BCUT2D eigenvalue weighted by Crippen LogP contribution is 2.47. The van der Waals surface area contributed by atoms with Crippen LogP contribution in [0.25, 0.3) is 0 Å². The lowest BCUT2D eigenvalue weighted by molar-refractivity contribution is -0.119. The molecule has 172 valence electrons. The molecule has 0 saturated carbocycles. The number of amides is 2. The van der Waals surface area contributed by atoms with E-state index in [1.165, 1.54) is 37.5 Å². The average Bonchev–Trinajstić information content (AvgIpc) is 2.80. The summed E-state index contributed by atoms with van der Waals surface area (Å²) >= 11 is 0. The molecule has 3 aliphatic rings. The number of benzene rings is 1. The molecule has 0 bridgehead atoms. The lowest BCUT2D eigenvalue weighted by Gasteiger charge is -2.47. The molecular weight excluding hydrogens is 390 g/mol. The second kappa shape index (κ2) is 9.60. The van der Waals surface area contributed by atoms with Crippen LogP contribution in [0.4, 0.5) is 4.79 Å². The van der Waals surface area contributed by atoms with Crippen molar-refractivity contribution in [2.24, 2.45) is 5.92 Å². The quantitative estimate of drug-likeness (QED) is 0.783. The van der Waals surface area contributed by atoms with Gasteiger partial charge in [0.2, 0.25) is 5.91 Å². The number of ether oxygens (including phenoxy) is 1. The van der Waals surface area contributed by atoms with Gasteiger partial charge < -0.3 is 19.9 Å². The topological polar surface area (TPSA) is 61.9 Å². The molecule has 1 unspecified atom stereocenters. The van der Waals surface area contributed by atoms with Crippen LogP contribution in [-0.4, -0.2) is 61.6 Å². The summed E-state index contributed by atoms with van der Waals surface area (Å²) in [4.78, 5) is 27.8. The van der Waals surface area contributed by atoms with E-state index in [2.05, 4.69) is 34.5 Å². The molecule has 4 rings (SSSR count). The number of carbonyl (C=O) groups excluding carboxylic acids is 2. The van der Waals surface area contributed by atoms with Gasteiger partial charge in [0.05, 0.1) is 13.2 Å². The average molecular weight is 430 g/mol. The van der Waals surface area contributed by atoms with Crippen LogP contribution < -0.4 is 5.32 Å².